The minimum atomic E-state index is -0.783. The van der Waals surface area contributed by atoms with Crippen LogP contribution in [0.4, 0.5) is 0 Å². The van der Waals surface area contributed by atoms with Crippen LogP contribution in [-0.4, -0.2) is 22.6 Å². The van der Waals surface area contributed by atoms with Crippen molar-refractivity contribution in [2.45, 2.75) is 33.2 Å². The zero-order chi connectivity index (χ0) is 12.2. The third-order valence-electron chi connectivity index (χ3n) is 2.53. The van der Waals surface area contributed by atoms with Gasteiger partial charge in [-0.15, -0.1) is 11.3 Å². The second-order valence-corrected chi connectivity index (χ2v) is 5.33. The van der Waals surface area contributed by atoms with Crippen LogP contribution in [0.2, 0.25) is 0 Å². The minimum Gasteiger partial charge on any atom is -0.481 e. The highest BCUT2D eigenvalue weighted by atomic mass is 32.1. The average Bonchev–Trinajstić information content (AvgIpc) is 2.71. The predicted octanol–water partition coefficient (Wildman–Crippen LogP) is 2.29. The van der Waals surface area contributed by atoms with E-state index in [2.05, 4.69) is 17.2 Å². The third kappa shape index (κ3) is 3.28. The molecule has 90 valence electrons. The summed E-state index contributed by atoms with van der Waals surface area (Å²) in [5.74, 6) is -0.783. The number of aromatic nitrogens is 1. The zero-order valence-electron chi connectivity index (χ0n) is 9.86. The molecular formula is C11H18N2O2S. The van der Waals surface area contributed by atoms with Crippen molar-refractivity contribution in [3.8, 4) is 0 Å². The second kappa shape index (κ2) is 5.41. The van der Waals surface area contributed by atoms with Gasteiger partial charge in [0.25, 0.3) is 0 Å². The summed E-state index contributed by atoms with van der Waals surface area (Å²) in [5, 5.41) is 15.2. The topological polar surface area (TPSA) is 62.2 Å². The molecule has 1 rings (SSSR count). The Morgan fingerprint density at radius 1 is 1.69 bits per heavy atom. The quantitative estimate of drug-likeness (QED) is 0.803. The Hall–Kier alpha value is -0.940. The van der Waals surface area contributed by atoms with Gasteiger partial charge in [0.1, 0.15) is 5.01 Å². The number of carboxylic acids is 1. The first-order valence-electron chi connectivity index (χ1n) is 5.33. The molecule has 0 radical (unpaired) electrons. The smallest absolute Gasteiger partial charge is 0.310 e. The van der Waals surface area contributed by atoms with Gasteiger partial charge in [0.2, 0.25) is 0 Å². The van der Waals surface area contributed by atoms with E-state index in [0.29, 0.717) is 6.54 Å². The third-order valence-corrected chi connectivity index (χ3v) is 3.42. The standard InChI is InChI=1S/C11H18N2O2S/c1-4-8(9-12-5-6-16-9)13-7-11(2,3)10(14)15/h5-6,8,13H,4,7H2,1-3H3,(H,14,15). The number of rotatable bonds is 6. The molecule has 0 aliphatic carbocycles. The lowest BCUT2D eigenvalue weighted by Crippen LogP contribution is -2.37. The van der Waals surface area contributed by atoms with Crippen LogP contribution in [0.15, 0.2) is 11.6 Å². The van der Waals surface area contributed by atoms with Gasteiger partial charge in [0.15, 0.2) is 0 Å². The molecule has 4 nitrogen and oxygen atoms in total. The molecule has 0 amide bonds. The number of carbonyl (C=O) groups is 1. The van der Waals surface area contributed by atoms with Crippen molar-refractivity contribution < 1.29 is 9.90 Å². The van der Waals surface area contributed by atoms with Gasteiger partial charge in [-0.05, 0) is 20.3 Å². The van der Waals surface area contributed by atoms with E-state index in [1.54, 1.807) is 31.4 Å². The van der Waals surface area contributed by atoms with Crippen molar-refractivity contribution in [3.63, 3.8) is 0 Å². The summed E-state index contributed by atoms with van der Waals surface area (Å²) >= 11 is 1.59. The van der Waals surface area contributed by atoms with Crippen LogP contribution in [0.25, 0.3) is 0 Å². The molecule has 0 aliphatic heterocycles. The highest BCUT2D eigenvalue weighted by molar-refractivity contribution is 7.09. The molecule has 0 bridgehead atoms. The first kappa shape index (κ1) is 13.1. The summed E-state index contributed by atoms with van der Waals surface area (Å²) in [7, 11) is 0. The maximum Gasteiger partial charge on any atom is 0.310 e. The largest absolute Gasteiger partial charge is 0.481 e. The van der Waals surface area contributed by atoms with Crippen LogP contribution in [-0.2, 0) is 4.79 Å². The molecule has 1 aromatic heterocycles. The molecule has 2 N–H and O–H groups in total. The molecule has 0 spiro atoms. The summed E-state index contributed by atoms with van der Waals surface area (Å²) in [6, 6.07) is 0.152. The first-order valence-corrected chi connectivity index (χ1v) is 6.21. The fourth-order valence-electron chi connectivity index (χ4n) is 1.27. The molecule has 0 saturated carbocycles. The lowest BCUT2D eigenvalue weighted by Gasteiger charge is -2.23. The summed E-state index contributed by atoms with van der Waals surface area (Å²) in [6.07, 6.45) is 2.68. The number of nitrogens with one attached hydrogen (secondary N) is 1. The molecule has 1 unspecified atom stereocenters. The van der Waals surface area contributed by atoms with Crippen molar-refractivity contribution in [3.05, 3.63) is 16.6 Å². The Morgan fingerprint density at radius 2 is 2.38 bits per heavy atom. The molecule has 1 aromatic rings. The SMILES string of the molecule is CCC(NCC(C)(C)C(=O)O)c1nccs1. The van der Waals surface area contributed by atoms with Gasteiger partial charge in [0.05, 0.1) is 11.5 Å². The Morgan fingerprint density at radius 3 is 2.81 bits per heavy atom. The van der Waals surface area contributed by atoms with Crippen molar-refractivity contribution in [1.29, 1.82) is 0 Å². The lowest BCUT2D eigenvalue weighted by atomic mass is 9.93. The molecule has 5 heteroatoms. The van der Waals surface area contributed by atoms with E-state index in [-0.39, 0.29) is 6.04 Å². The number of carboxylic acid groups (broad SMARTS) is 1. The summed E-state index contributed by atoms with van der Waals surface area (Å²) in [6.45, 7) is 5.95. The molecule has 16 heavy (non-hydrogen) atoms. The van der Waals surface area contributed by atoms with Crippen molar-refractivity contribution in [1.82, 2.24) is 10.3 Å². The molecule has 0 aromatic carbocycles. The van der Waals surface area contributed by atoms with Crippen molar-refractivity contribution >= 4 is 17.3 Å². The lowest BCUT2D eigenvalue weighted by molar-refractivity contribution is -0.146. The summed E-state index contributed by atoms with van der Waals surface area (Å²) in [5.41, 5.74) is -0.745. The van der Waals surface area contributed by atoms with Gasteiger partial charge in [-0.25, -0.2) is 4.98 Å². The fourth-order valence-corrected chi connectivity index (χ4v) is 2.06. The molecule has 0 aliphatic rings. The normalized spacial score (nSPS) is 13.7. The number of hydrogen-bond acceptors (Lipinski definition) is 4. The van der Waals surface area contributed by atoms with Gasteiger partial charge in [-0.1, -0.05) is 6.92 Å². The number of aliphatic carboxylic acids is 1. The van der Waals surface area contributed by atoms with E-state index >= 15 is 0 Å². The predicted molar refractivity (Wildman–Crippen MR) is 64.6 cm³/mol. The van der Waals surface area contributed by atoms with Crippen LogP contribution in [0.1, 0.15) is 38.2 Å². The second-order valence-electron chi connectivity index (χ2n) is 4.40. The van der Waals surface area contributed by atoms with E-state index in [1.807, 2.05) is 5.38 Å². The highest BCUT2D eigenvalue weighted by Gasteiger charge is 2.28. The fraction of sp³-hybridized carbons (Fsp3) is 0.636. The number of nitrogens with zero attached hydrogens (tertiary/aromatic N) is 1. The Bertz CT molecular complexity index is 336. The van der Waals surface area contributed by atoms with Crippen LogP contribution in [0.3, 0.4) is 0 Å². The van der Waals surface area contributed by atoms with Gasteiger partial charge >= 0.3 is 5.97 Å². The van der Waals surface area contributed by atoms with Gasteiger partial charge in [0, 0.05) is 18.1 Å². The van der Waals surface area contributed by atoms with Crippen LogP contribution >= 0.6 is 11.3 Å². The van der Waals surface area contributed by atoms with Crippen molar-refractivity contribution in [2.75, 3.05) is 6.54 Å². The minimum absolute atomic E-state index is 0.152. The molecule has 0 fully saturated rings. The van der Waals surface area contributed by atoms with E-state index in [1.165, 1.54) is 0 Å². The average molecular weight is 242 g/mol. The van der Waals surface area contributed by atoms with Crippen LogP contribution < -0.4 is 5.32 Å². The van der Waals surface area contributed by atoms with Crippen LogP contribution in [0, 0.1) is 5.41 Å². The molecule has 1 heterocycles. The van der Waals surface area contributed by atoms with Crippen molar-refractivity contribution in [2.24, 2.45) is 5.41 Å². The van der Waals surface area contributed by atoms with Crippen LogP contribution in [0.5, 0.6) is 0 Å². The summed E-state index contributed by atoms with van der Waals surface area (Å²) < 4.78 is 0. The Kier molecular flexibility index (Phi) is 4.44. The van der Waals surface area contributed by atoms with Gasteiger partial charge in [-0.2, -0.15) is 0 Å². The molecule has 1 atom stereocenters. The van der Waals surface area contributed by atoms with Gasteiger partial charge in [-0.3, -0.25) is 4.79 Å². The van der Waals surface area contributed by atoms with E-state index in [9.17, 15) is 4.79 Å². The van der Waals surface area contributed by atoms with E-state index in [4.69, 9.17) is 5.11 Å². The maximum absolute atomic E-state index is 11.0. The zero-order valence-corrected chi connectivity index (χ0v) is 10.7. The number of hydrogen-bond donors (Lipinski definition) is 2. The maximum atomic E-state index is 11.0. The van der Waals surface area contributed by atoms with E-state index in [0.717, 1.165) is 11.4 Å². The monoisotopic (exact) mass is 242 g/mol. The summed E-state index contributed by atoms with van der Waals surface area (Å²) in [4.78, 5) is 15.2. The Balaban J connectivity index is 2.56. The first-order chi connectivity index (χ1) is 7.47. The van der Waals surface area contributed by atoms with Gasteiger partial charge < -0.3 is 10.4 Å². The van der Waals surface area contributed by atoms with E-state index < -0.39 is 11.4 Å². The highest BCUT2D eigenvalue weighted by Crippen LogP contribution is 2.21. The Labute approximate surface area is 99.7 Å². The molecular weight excluding hydrogens is 224 g/mol. The molecule has 0 saturated heterocycles. The number of thiazole rings is 1.